The van der Waals surface area contributed by atoms with E-state index in [4.69, 9.17) is 0 Å². The van der Waals surface area contributed by atoms with Gasteiger partial charge in [-0.2, -0.15) is 77.1 Å². The second kappa shape index (κ2) is 38.7. The Hall–Kier alpha value is -6.85. The number of fused-ring (bicyclic) bond motifs is 4. The minimum Gasteiger partial charge on any atom is -0.663 e. The van der Waals surface area contributed by atoms with Gasteiger partial charge in [-0.1, -0.05) is 151 Å². The van der Waals surface area contributed by atoms with Gasteiger partial charge in [-0.15, -0.1) is 0 Å². The fourth-order valence-corrected chi connectivity index (χ4v) is 7.16. The van der Waals surface area contributed by atoms with Crippen LogP contribution in [0.1, 0.15) is 55.4 Å². The number of hydrogen-bond donors (Lipinski definition) is 0. The van der Waals surface area contributed by atoms with Crippen molar-refractivity contribution in [3.63, 3.8) is 0 Å². The van der Waals surface area contributed by atoms with Gasteiger partial charge in [0.05, 0.1) is 46.9 Å². The molecule has 0 aliphatic heterocycles. The number of pyridine rings is 4. The predicted molar refractivity (Wildman–Crippen MR) is 309 cm³/mol. The summed E-state index contributed by atoms with van der Waals surface area (Å²) in [7, 11) is 0. The van der Waals surface area contributed by atoms with Crippen LogP contribution in [0.25, 0.3) is 89.4 Å². The summed E-state index contributed by atoms with van der Waals surface area (Å²) in [5.41, 5.74) is 8.01. The van der Waals surface area contributed by atoms with Gasteiger partial charge in [0.1, 0.15) is 23.3 Å². The Morgan fingerprint density at radius 1 is 0.372 bits per heavy atom. The SMILES string of the molecule is CC[N-]CC.CC[N-]CC.CC[N-]CC.CC[N-]CC.[Ti+4].[Ti+4].c1c[n-]c(-c2[n-]cc3cccc[n+]23)c1.c1c[n-]c(-c2[n-]cc3cccc[n+]23)c1.c1c[n-]c(-c2ncc3ccccn23)c1.c1c[n-]c(-c2ncc3ccccn23)c1. The second-order valence-electron chi connectivity index (χ2n) is 15.8. The van der Waals surface area contributed by atoms with E-state index in [0.717, 1.165) is 120 Å². The van der Waals surface area contributed by atoms with Crippen molar-refractivity contribution in [2.45, 2.75) is 55.4 Å². The molecule has 0 fully saturated rings. The zero-order valence-electron chi connectivity index (χ0n) is 46.3. The Balaban J connectivity index is 0.000000244. The Morgan fingerprint density at radius 2 is 0.692 bits per heavy atom. The van der Waals surface area contributed by atoms with E-state index in [1.807, 2.05) is 244 Å². The van der Waals surface area contributed by atoms with Crippen molar-refractivity contribution >= 4 is 22.1 Å². The Morgan fingerprint density at radius 3 is 0.987 bits per heavy atom. The molecular formula is C60H72N16Ti2. The molecule has 0 radical (unpaired) electrons. The van der Waals surface area contributed by atoms with Crippen LogP contribution in [0.3, 0.4) is 0 Å². The van der Waals surface area contributed by atoms with Gasteiger partial charge in [0.25, 0.3) is 0 Å². The van der Waals surface area contributed by atoms with Gasteiger partial charge in [0.15, 0.2) is 0 Å². The molecule has 0 saturated heterocycles. The monoisotopic (exact) mass is 1110 g/mol. The van der Waals surface area contributed by atoms with Gasteiger partial charge in [-0.25, -0.2) is 19.9 Å². The minimum atomic E-state index is 0. The first-order valence-electron chi connectivity index (χ1n) is 26.0. The summed E-state index contributed by atoms with van der Waals surface area (Å²) >= 11 is 0. The molecule has 18 heteroatoms. The molecule has 0 aliphatic carbocycles. The largest absolute Gasteiger partial charge is 4.00 e. The van der Waals surface area contributed by atoms with Gasteiger partial charge < -0.3 is 58.8 Å². The predicted octanol–water partition coefficient (Wildman–Crippen LogP) is 11.5. The van der Waals surface area contributed by atoms with Gasteiger partial charge in [0.2, 0.25) is 0 Å². The molecule has 0 amide bonds. The fraction of sp³-hybridized carbons (Fsp3) is 0.267. The third kappa shape index (κ3) is 20.5. The normalized spacial score (nSPS) is 9.95. The second-order valence-corrected chi connectivity index (χ2v) is 15.8. The summed E-state index contributed by atoms with van der Waals surface area (Å²) in [5.74, 6) is 3.58. The molecule has 12 aromatic heterocycles. The molecule has 12 rings (SSSR count). The third-order valence-electron chi connectivity index (χ3n) is 10.7. The Bertz CT molecular complexity index is 2830. The van der Waals surface area contributed by atoms with E-state index in [2.05, 4.69) is 61.1 Å². The smallest absolute Gasteiger partial charge is 0.663 e. The van der Waals surface area contributed by atoms with Crippen molar-refractivity contribution in [2.24, 2.45) is 0 Å². The van der Waals surface area contributed by atoms with Crippen molar-refractivity contribution in [3.8, 4) is 46.1 Å². The van der Waals surface area contributed by atoms with Gasteiger partial charge in [0, 0.05) is 24.8 Å². The van der Waals surface area contributed by atoms with E-state index < -0.39 is 0 Å². The van der Waals surface area contributed by atoms with Crippen molar-refractivity contribution in [3.05, 3.63) is 217 Å². The van der Waals surface area contributed by atoms with E-state index in [9.17, 15) is 0 Å². The van der Waals surface area contributed by atoms with E-state index >= 15 is 0 Å². The van der Waals surface area contributed by atoms with Crippen LogP contribution in [-0.2, 0) is 43.4 Å². The zero-order valence-corrected chi connectivity index (χ0v) is 49.4. The van der Waals surface area contributed by atoms with Crippen LogP contribution in [0.5, 0.6) is 0 Å². The molecule has 0 spiro atoms. The van der Waals surface area contributed by atoms with Crippen LogP contribution in [-0.4, -0.2) is 71.1 Å². The number of nitrogens with zero attached hydrogens (tertiary/aromatic N) is 16. The van der Waals surface area contributed by atoms with Crippen molar-refractivity contribution < 1.29 is 52.2 Å². The number of aromatic nitrogens is 12. The van der Waals surface area contributed by atoms with Crippen LogP contribution in [0.15, 0.2) is 196 Å². The molecule has 78 heavy (non-hydrogen) atoms. The Kier molecular flexibility index (Phi) is 32.4. The molecule has 0 aromatic carbocycles. The van der Waals surface area contributed by atoms with Crippen LogP contribution in [0.2, 0.25) is 0 Å². The maximum atomic E-state index is 4.34. The van der Waals surface area contributed by atoms with Crippen LogP contribution < -0.4 is 38.7 Å². The van der Waals surface area contributed by atoms with Gasteiger partial charge in [-0.05, 0) is 48.5 Å². The summed E-state index contributed by atoms with van der Waals surface area (Å²) in [5, 5.41) is 15.9. The first-order chi connectivity index (χ1) is 37.5. The fourth-order valence-electron chi connectivity index (χ4n) is 7.16. The Labute approximate surface area is 490 Å². The molecule has 0 unspecified atom stereocenters. The average Bonchev–Trinajstić information content (AvgIpc) is 4.31. The van der Waals surface area contributed by atoms with Crippen molar-refractivity contribution in [1.82, 2.24) is 48.7 Å². The van der Waals surface area contributed by atoms with Gasteiger partial charge >= 0.3 is 43.4 Å². The number of rotatable bonds is 12. The van der Waals surface area contributed by atoms with E-state index in [1.54, 1.807) is 24.8 Å². The van der Waals surface area contributed by atoms with Crippen LogP contribution in [0.4, 0.5) is 0 Å². The molecular weight excluding hydrogens is 1040 g/mol. The molecule has 12 heterocycles. The quantitative estimate of drug-likeness (QED) is 0.0855. The zero-order chi connectivity index (χ0) is 54.0. The summed E-state index contributed by atoms with van der Waals surface area (Å²) in [6, 6.07) is 39.6. The molecule has 0 saturated carbocycles. The molecule has 0 N–H and O–H groups in total. The van der Waals surface area contributed by atoms with Crippen molar-refractivity contribution in [2.75, 3.05) is 52.4 Å². The van der Waals surface area contributed by atoms with E-state index in [1.165, 1.54) is 0 Å². The molecule has 0 aliphatic rings. The summed E-state index contributed by atoms with van der Waals surface area (Å²) in [6.45, 7) is 24.1. The average molecular weight is 1110 g/mol. The standard InChI is InChI=1S/4C11H8N3.4C4H10N.2Ti/c4*1-2-7-14-9(4-1)8-13-11(14)10-5-3-6-12-10;4*1-3-5-4-2;;/h4*1-8H;4*3-4H2,1-2H3;;/q8*-1;2*+4. The topological polar surface area (TPSA) is 184 Å². The van der Waals surface area contributed by atoms with Crippen LogP contribution in [0, 0.1) is 0 Å². The van der Waals surface area contributed by atoms with E-state index in [-0.39, 0.29) is 43.4 Å². The molecule has 12 aromatic rings. The number of imidazole rings is 4. The van der Waals surface area contributed by atoms with Crippen molar-refractivity contribution in [1.29, 1.82) is 0 Å². The maximum Gasteiger partial charge on any atom is 4.00 e. The summed E-state index contributed by atoms with van der Waals surface area (Å²) < 4.78 is 8.12. The molecule has 16 nitrogen and oxygen atoms in total. The third-order valence-corrected chi connectivity index (χ3v) is 10.7. The first-order valence-corrected chi connectivity index (χ1v) is 26.0. The first kappa shape index (κ1) is 65.4. The van der Waals surface area contributed by atoms with Crippen LogP contribution >= 0.6 is 0 Å². The van der Waals surface area contributed by atoms with Gasteiger partial charge in [-0.3, -0.25) is 0 Å². The summed E-state index contributed by atoms with van der Waals surface area (Å²) in [4.78, 5) is 34.3. The molecule has 0 atom stereocenters. The maximum absolute atomic E-state index is 4.34. The molecule has 400 valence electrons. The molecule has 0 bridgehead atoms. The minimum absolute atomic E-state index is 0. The number of hydrogen-bond acceptors (Lipinski definition) is 2. The summed E-state index contributed by atoms with van der Waals surface area (Å²) in [6.07, 6.45) is 22.5. The van der Waals surface area contributed by atoms with E-state index in [0.29, 0.717) is 0 Å².